The number of para-hydroxylation sites is 1. The third-order valence-corrected chi connectivity index (χ3v) is 6.25. The first-order valence-electron chi connectivity index (χ1n) is 8.23. The van der Waals surface area contributed by atoms with Crippen LogP contribution in [0.2, 0.25) is 0 Å². The SMILES string of the molecule is CCOc1ccccc1S(=O)(=O)N1CCCC(c2cnn(C)c2)C1. The van der Waals surface area contributed by atoms with E-state index >= 15 is 0 Å². The third kappa shape index (κ3) is 3.32. The molecule has 130 valence electrons. The van der Waals surface area contributed by atoms with Gasteiger partial charge in [-0.2, -0.15) is 9.40 Å². The smallest absolute Gasteiger partial charge is 0.246 e. The van der Waals surface area contributed by atoms with Crippen LogP contribution in [0.15, 0.2) is 41.6 Å². The molecule has 24 heavy (non-hydrogen) atoms. The zero-order valence-electron chi connectivity index (χ0n) is 14.1. The number of nitrogens with zero attached hydrogens (tertiary/aromatic N) is 3. The highest BCUT2D eigenvalue weighted by atomic mass is 32.2. The molecule has 0 saturated carbocycles. The van der Waals surface area contributed by atoms with E-state index in [1.54, 1.807) is 33.3 Å². The largest absolute Gasteiger partial charge is 0.492 e. The topological polar surface area (TPSA) is 64.4 Å². The van der Waals surface area contributed by atoms with Crippen molar-refractivity contribution >= 4 is 10.0 Å². The molecular weight excluding hydrogens is 326 g/mol. The predicted octanol–water partition coefficient (Wildman–Crippen LogP) is 2.39. The van der Waals surface area contributed by atoms with Crippen LogP contribution in [0.3, 0.4) is 0 Å². The van der Waals surface area contributed by atoms with Gasteiger partial charge in [-0.15, -0.1) is 0 Å². The Morgan fingerprint density at radius 1 is 1.33 bits per heavy atom. The highest BCUT2D eigenvalue weighted by Crippen LogP contribution is 2.32. The maximum atomic E-state index is 13.1. The summed E-state index contributed by atoms with van der Waals surface area (Å²) >= 11 is 0. The molecule has 1 aromatic carbocycles. The summed E-state index contributed by atoms with van der Waals surface area (Å²) in [7, 11) is -1.69. The number of aryl methyl sites for hydroxylation is 1. The number of sulfonamides is 1. The van der Waals surface area contributed by atoms with E-state index in [1.807, 2.05) is 26.4 Å². The van der Waals surface area contributed by atoms with Crippen molar-refractivity contribution in [1.82, 2.24) is 14.1 Å². The maximum Gasteiger partial charge on any atom is 0.246 e. The fourth-order valence-electron chi connectivity index (χ4n) is 3.16. The molecule has 0 amide bonds. The Bertz CT molecular complexity index is 801. The highest BCUT2D eigenvalue weighted by molar-refractivity contribution is 7.89. The van der Waals surface area contributed by atoms with Crippen molar-refractivity contribution in [3.8, 4) is 5.75 Å². The van der Waals surface area contributed by atoms with Crippen molar-refractivity contribution in [2.45, 2.75) is 30.6 Å². The van der Waals surface area contributed by atoms with Gasteiger partial charge in [0.15, 0.2) is 0 Å². The molecule has 1 atom stereocenters. The molecule has 0 spiro atoms. The Hall–Kier alpha value is -1.86. The van der Waals surface area contributed by atoms with Crippen LogP contribution in [0.25, 0.3) is 0 Å². The minimum Gasteiger partial charge on any atom is -0.492 e. The molecule has 2 aromatic rings. The normalized spacial score (nSPS) is 19.3. The van der Waals surface area contributed by atoms with Crippen LogP contribution in [0, 0.1) is 0 Å². The molecule has 7 heteroatoms. The first-order chi connectivity index (χ1) is 11.5. The van der Waals surface area contributed by atoms with Crippen LogP contribution in [0.4, 0.5) is 0 Å². The summed E-state index contributed by atoms with van der Waals surface area (Å²) in [5.74, 6) is 0.602. The zero-order valence-corrected chi connectivity index (χ0v) is 14.9. The summed E-state index contributed by atoms with van der Waals surface area (Å²) in [6, 6.07) is 6.85. The van der Waals surface area contributed by atoms with E-state index in [1.165, 1.54) is 0 Å². The van der Waals surface area contributed by atoms with Crippen molar-refractivity contribution in [1.29, 1.82) is 0 Å². The second-order valence-corrected chi connectivity index (χ2v) is 7.94. The fraction of sp³-hybridized carbons (Fsp3) is 0.471. The molecule has 1 unspecified atom stereocenters. The second-order valence-electron chi connectivity index (χ2n) is 6.03. The molecular formula is C17H23N3O3S. The summed E-state index contributed by atoms with van der Waals surface area (Å²) in [6.07, 6.45) is 5.62. The highest BCUT2D eigenvalue weighted by Gasteiger charge is 2.33. The number of aromatic nitrogens is 2. The molecule has 0 N–H and O–H groups in total. The van der Waals surface area contributed by atoms with Crippen molar-refractivity contribution in [3.05, 3.63) is 42.2 Å². The Labute approximate surface area is 143 Å². The number of benzene rings is 1. The minimum absolute atomic E-state index is 0.182. The van der Waals surface area contributed by atoms with Crippen LogP contribution in [-0.2, 0) is 17.1 Å². The number of ether oxygens (including phenoxy) is 1. The van der Waals surface area contributed by atoms with Gasteiger partial charge in [0.2, 0.25) is 10.0 Å². The van der Waals surface area contributed by atoms with Crippen molar-refractivity contribution < 1.29 is 13.2 Å². The van der Waals surface area contributed by atoms with E-state index in [0.717, 1.165) is 18.4 Å². The summed E-state index contributed by atoms with van der Waals surface area (Å²) < 4.78 is 35.0. The van der Waals surface area contributed by atoms with Gasteiger partial charge in [0.05, 0.1) is 12.8 Å². The lowest BCUT2D eigenvalue weighted by Crippen LogP contribution is -2.39. The van der Waals surface area contributed by atoms with E-state index < -0.39 is 10.0 Å². The summed E-state index contributed by atoms with van der Waals surface area (Å²) in [4.78, 5) is 0.249. The molecule has 3 rings (SSSR count). The number of piperidine rings is 1. The van der Waals surface area contributed by atoms with Gasteiger partial charge in [0, 0.05) is 32.3 Å². The van der Waals surface area contributed by atoms with E-state index in [-0.39, 0.29) is 10.8 Å². The Balaban J connectivity index is 1.87. The van der Waals surface area contributed by atoms with E-state index in [9.17, 15) is 8.42 Å². The molecule has 0 aliphatic carbocycles. The van der Waals surface area contributed by atoms with Crippen LogP contribution in [0.1, 0.15) is 31.2 Å². The first-order valence-corrected chi connectivity index (χ1v) is 9.67. The molecule has 0 radical (unpaired) electrons. The van der Waals surface area contributed by atoms with Gasteiger partial charge in [-0.25, -0.2) is 8.42 Å². The number of rotatable bonds is 5. The third-order valence-electron chi connectivity index (χ3n) is 4.35. The molecule has 1 saturated heterocycles. The van der Waals surface area contributed by atoms with Gasteiger partial charge in [0.1, 0.15) is 10.6 Å². The molecule has 1 fully saturated rings. The lowest BCUT2D eigenvalue weighted by atomic mass is 9.94. The van der Waals surface area contributed by atoms with Gasteiger partial charge in [-0.1, -0.05) is 12.1 Å². The van der Waals surface area contributed by atoms with Crippen LogP contribution in [-0.4, -0.2) is 42.2 Å². The number of hydrogen-bond acceptors (Lipinski definition) is 4. The molecule has 1 aliphatic rings. The van der Waals surface area contributed by atoms with Crippen molar-refractivity contribution in [2.24, 2.45) is 7.05 Å². The van der Waals surface area contributed by atoms with Crippen LogP contribution in [0.5, 0.6) is 5.75 Å². The summed E-state index contributed by atoms with van der Waals surface area (Å²) in [6.45, 7) is 3.31. The van der Waals surface area contributed by atoms with Gasteiger partial charge < -0.3 is 4.74 Å². The first kappa shape index (κ1) is 17.0. The average molecular weight is 349 g/mol. The minimum atomic E-state index is -3.57. The molecule has 1 aliphatic heterocycles. The Morgan fingerprint density at radius 2 is 2.12 bits per heavy atom. The lowest BCUT2D eigenvalue weighted by molar-refractivity contribution is 0.308. The Kier molecular flexibility index (Phi) is 4.91. The number of hydrogen-bond donors (Lipinski definition) is 0. The van der Waals surface area contributed by atoms with E-state index in [2.05, 4.69) is 5.10 Å². The molecule has 2 heterocycles. The van der Waals surface area contributed by atoms with Gasteiger partial charge in [-0.3, -0.25) is 4.68 Å². The van der Waals surface area contributed by atoms with Gasteiger partial charge in [-0.05, 0) is 37.5 Å². The zero-order chi connectivity index (χ0) is 17.2. The Morgan fingerprint density at radius 3 is 2.83 bits per heavy atom. The lowest BCUT2D eigenvalue weighted by Gasteiger charge is -2.31. The quantitative estimate of drug-likeness (QED) is 0.831. The van der Waals surface area contributed by atoms with E-state index in [4.69, 9.17) is 4.74 Å². The molecule has 1 aromatic heterocycles. The van der Waals surface area contributed by atoms with Gasteiger partial charge in [0.25, 0.3) is 0 Å². The standard InChI is InChI=1S/C17H23N3O3S/c1-3-23-16-8-4-5-9-17(16)24(21,22)20-10-6-7-14(13-20)15-11-18-19(2)12-15/h4-5,8-9,11-12,14H,3,6-7,10,13H2,1-2H3. The summed E-state index contributed by atoms with van der Waals surface area (Å²) in [5, 5.41) is 4.20. The van der Waals surface area contributed by atoms with Crippen LogP contribution < -0.4 is 4.74 Å². The van der Waals surface area contributed by atoms with Crippen molar-refractivity contribution in [2.75, 3.05) is 19.7 Å². The average Bonchev–Trinajstić information content (AvgIpc) is 3.02. The fourth-order valence-corrected chi connectivity index (χ4v) is 4.82. The maximum absolute atomic E-state index is 13.1. The predicted molar refractivity (Wildman–Crippen MR) is 91.6 cm³/mol. The second kappa shape index (κ2) is 6.94. The monoisotopic (exact) mass is 349 g/mol. The summed E-state index contributed by atoms with van der Waals surface area (Å²) in [5.41, 5.74) is 1.09. The van der Waals surface area contributed by atoms with Gasteiger partial charge >= 0.3 is 0 Å². The molecule has 0 bridgehead atoms. The van der Waals surface area contributed by atoms with Crippen LogP contribution >= 0.6 is 0 Å². The van der Waals surface area contributed by atoms with E-state index in [0.29, 0.717) is 25.4 Å². The van der Waals surface area contributed by atoms with Crippen molar-refractivity contribution in [3.63, 3.8) is 0 Å². The molecule has 6 nitrogen and oxygen atoms in total.